The van der Waals surface area contributed by atoms with Gasteiger partial charge in [-0.3, -0.25) is 4.79 Å². The number of thioether (sulfide) groups is 1. The maximum absolute atomic E-state index is 12.2. The Hall–Kier alpha value is -0.670. The molecule has 19 heavy (non-hydrogen) atoms. The second-order valence-corrected chi connectivity index (χ2v) is 6.43. The number of alkyl halides is 1. The fourth-order valence-electron chi connectivity index (χ4n) is 2.50. The first kappa shape index (κ1) is 14.7. The number of carbonyl (C=O) groups excluding carboxylic acids is 1. The lowest BCUT2D eigenvalue weighted by molar-refractivity contribution is 0.0928. The van der Waals surface area contributed by atoms with Crippen LogP contribution in [0.5, 0.6) is 0 Å². The van der Waals surface area contributed by atoms with Gasteiger partial charge in [-0.15, -0.1) is 11.6 Å². The van der Waals surface area contributed by atoms with Crippen molar-refractivity contribution in [2.75, 3.05) is 6.26 Å². The zero-order valence-corrected chi connectivity index (χ0v) is 12.8. The molecule has 2 unspecified atom stereocenters. The van der Waals surface area contributed by atoms with Crippen molar-refractivity contribution in [3.63, 3.8) is 0 Å². The highest BCUT2D eigenvalue weighted by atomic mass is 35.5. The van der Waals surface area contributed by atoms with Gasteiger partial charge in [0.2, 0.25) is 0 Å². The number of amides is 1. The average molecular weight is 298 g/mol. The Bertz CT molecular complexity index is 421. The van der Waals surface area contributed by atoms with Crippen molar-refractivity contribution in [2.24, 2.45) is 0 Å². The number of nitrogens with one attached hydrogen (secondary N) is 1. The Balaban J connectivity index is 1.92. The Morgan fingerprint density at radius 1 is 1.37 bits per heavy atom. The number of hydrogen-bond acceptors (Lipinski definition) is 2. The van der Waals surface area contributed by atoms with Gasteiger partial charge in [0.15, 0.2) is 0 Å². The van der Waals surface area contributed by atoms with Crippen LogP contribution in [0.1, 0.15) is 41.6 Å². The second-order valence-electron chi connectivity index (χ2n) is 5.03. The quantitative estimate of drug-likeness (QED) is 0.856. The van der Waals surface area contributed by atoms with Crippen molar-refractivity contribution in [3.8, 4) is 0 Å². The van der Waals surface area contributed by atoms with E-state index in [-0.39, 0.29) is 5.91 Å². The Morgan fingerprint density at radius 3 is 2.74 bits per heavy atom. The molecule has 1 fully saturated rings. The van der Waals surface area contributed by atoms with E-state index in [1.165, 1.54) is 12.8 Å². The third kappa shape index (κ3) is 4.15. The molecule has 0 aromatic heterocycles. The predicted molar refractivity (Wildman–Crippen MR) is 83.0 cm³/mol. The molecule has 0 aliphatic heterocycles. The van der Waals surface area contributed by atoms with E-state index in [0.29, 0.717) is 17.2 Å². The maximum atomic E-state index is 12.2. The zero-order chi connectivity index (χ0) is 13.7. The lowest BCUT2D eigenvalue weighted by atomic mass is 9.94. The van der Waals surface area contributed by atoms with Crippen LogP contribution in [0.25, 0.3) is 0 Å². The predicted octanol–water partition coefficient (Wildman–Crippen LogP) is 3.83. The first-order valence-corrected chi connectivity index (χ1v) is 8.53. The molecule has 2 rings (SSSR count). The highest BCUT2D eigenvalue weighted by molar-refractivity contribution is 7.99. The van der Waals surface area contributed by atoms with Gasteiger partial charge in [0.1, 0.15) is 0 Å². The molecule has 104 valence electrons. The summed E-state index contributed by atoms with van der Waals surface area (Å²) in [5, 5.41) is 3.84. The van der Waals surface area contributed by atoms with Crippen molar-refractivity contribution in [2.45, 2.75) is 42.9 Å². The van der Waals surface area contributed by atoms with Crippen LogP contribution in [0.2, 0.25) is 0 Å². The van der Waals surface area contributed by atoms with Crippen LogP contribution in [0.15, 0.2) is 24.3 Å². The molecule has 4 heteroatoms. The van der Waals surface area contributed by atoms with Crippen molar-refractivity contribution in [3.05, 3.63) is 35.4 Å². The number of benzene rings is 1. The molecule has 0 spiro atoms. The van der Waals surface area contributed by atoms with Crippen LogP contribution in [-0.4, -0.2) is 23.5 Å². The molecule has 2 atom stereocenters. The molecule has 1 saturated carbocycles. The summed E-state index contributed by atoms with van der Waals surface area (Å²) in [6.07, 6.45) is 6.83. The standard InChI is InChI=1S/C15H20ClNOS/c1-19-14-4-2-3-13(9-14)17-15(18)12-7-5-11(10-16)6-8-12/h5-8,13-14H,2-4,9-10H2,1H3,(H,17,18). The first-order valence-electron chi connectivity index (χ1n) is 6.71. The third-order valence-electron chi connectivity index (χ3n) is 3.67. The van der Waals surface area contributed by atoms with Gasteiger partial charge in [0.05, 0.1) is 0 Å². The fourth-order valence-corrected chi connectivity index (χ4v) is 3.51. The summed E-state index contributed by atoms with van der Waals surface area (Å²) in [5.74, 6) is 0.521. The first-order chi connectivity index (χ1) is 9.22. The molecule has 1 aromatic carbocycles. The Morgan fingerprint density at radius 2 is 2.11 bits per heavy atom. The number of halogens is 1. The summed E-state index contributed by atoms with van der Waals surface area (Å²) in [6, 6.07) is 7.84. The smallest absolute Gasteiger partial charge is 0.251 e. The molecule has 1 aliphatic rings. The van der Waals surface area contributed by atoms with Gasteiger partial charge in [-0.25, -0.2) is 0 Å². The van der Waals surface area contributed by atoms with E-state index < -0.39 is 0 Å². The van der Waals surface area contributed by atoms with Crippen molar-refractivity contribution < 1.29 is 4.79 Å². The lowest BCUT2D eigenvalue weighted by Crippen LogP contribution is -2.39. The van der Waals surface area contributed by atoms with E-state index in [0.717, 1.165) is 24.0 Å². The normalized spacial score (nSPS) is 23.1. The minimum atomic E-state index is 0.0351. The van der Waals surface area contributed by atoms with Crippen LogP contribution >= 0.6 is 23.4 Å². The summed E-state index contributed by atoms with van der Waals surface area (Å²) in [6.45, 7) is 0. The van der Waals surface area contributed by atoms with Gasteiger partial charge >= 0.3 is 0 Å². The second kappa shape index (κ2) is 7.20. The fraction of sp³-hybridized carbons (Fsp3) is 0.533. The summed E-state index contributed by atoms with van der Waals surface area (Å²) in [4.78, 5) is 12.2. The van der Waals surface area contributed by atoms with E-state index in [4.69, 9.17) is 11.6 Å². The molecule has 0 radical (unpaired) electrons. The third-order valence-corrected chi connectivity index (χ3v) is 5.07. The minimum absolute atomic E-state index is 0.0351. The largest absolute Gasteiger partial charge is 0.349 e. The molecule has 1 aliphatic carbocycles. The molecular weight excluding hydrogens is 278 g/mol. The van der Waals surface area contributed by atoms with E-state index in [2.05, 4.69) is 11.6 Å². The number of hydrogen-bond donors (Lipinski definition) is 1. The SMILES string of the molecule is CSC1CCCC(NC(=O)c2ccc(CCl)cc2)C1. The molecule has 2 nitrogen and oxygen atoms in total. The summed E-state index contributed by atoms with van der Waals surface area (Å²) in [5.41, 5.74) is 1.76. The van der Waals surface area contributed by atoms with Crippen molar-refractivity contribution >= 4 is 29.3 Å². The molecule has 1 aromatic rings. The summed E-state index contributed by atoms with van der Waals surface area (Å²) in [7, 11) is 0. The molecular formula is C15H20ClNOS. The van der Waals surface area contributed by atoms with Gasteiger partial charge in [0, 0.05) is 22.7 Å². The highest BCUT2D eigenvalue weighted by Gasteiger charge is 2.22. The molecule has 0 bridgehead atoms. The minimum Gasteiger partial charge on any atom is -0.349 e. The van der Waals surface area contributed by atoms with Crippen LogP contribution < -0.4 is 5.32 Å². The summed E-state index contributed by atoms with van der Waals surface area (Å²) >= 11 is 7.65. The Labute approximate surface area is 124 Å². The number of carbonyl (C=O) groups is 1. The zero-order valence-electron chi connectivity index (χ0n) is 11.2. The van der Waals surface area contributed by atoms with Crippen molar-refractivity contribution in [1.29, 1.82) is 0 Å². The van der Waals surface area contributed by atoms with Gasteiger partial charge in [-0.05, 0) is 43.2 Å². The van der Waals surface area contributed by atoms with Gasteiger partial charge in [-0.2, -0.15) is 11.8 Å². The van der Waals surface area contributed by atoms with E-state index in [9.17, 15) is 4.79 Å². The van der Waals surface area contributed by atoms with Gasteiger partial charge < -0.3 is 5.32 Å². The monoisotopic (exact) mass is 297 g/mol. The highest BCUT2D eigenvalue weighted by Crippen LogP contribution is 2.27. The van der Waals surface area contributed by atoms with Gasteiger partial charge in [0.25, 0.3) is 5.91 Å². The van der Waals surface area contributed by atoms with E-state index >= 15 is 0 Å². The van der Waals surface area contributed by atoms with Gasteiger partial charge in [-0.1, -0.05) is 18.6 Å². The topological polar surface area (TPSA) is 29.1 Å². The lowest BCUT2D eigenvalue weighted by Gasteiger charge is -2.28. The molecule has 0 heterocycles. The van der Waals surface area contributed by atoms with Crippen molar-refractivity contribution in [1.82, 2.24) is 5.32 Å². The van der Waals surface area contributed by atoms with Crippen LogP contribution in [-0.2, 0) is 5.88 Å². The summed E-state index contributed by atoms with van der Waals surface area (Å²) < 4.78 is 0. The van der Waals surface area contributed by atoms with Crippen LogP contribution in [0.3, 0.4) is 0 Å². The Kier molecular flexibility index (Phi) is 5.59. The number of rotatable bonds is 4. The van der Waals surface area contributed by atoms with Crippen LogP contribution in [0.4, 0.5) is 0 Å². The molecule has 0 saturated heterocycles. The molecule has 1 amide bonds. The van der Waals surface area contributed by atoms with E-state index in [1.54, 1.807) is 0 Å². The van der Waals surface area contributed by atoms with Crippen LogP contribution in [0, 0.1) is 0 Å². The average Bonchev–Trinajstić information content (AvgIpc) is 2.47. The van der Waals surface area contributed by atoms with E-state index in [1.807, 2.05) is 36.0 Å². The maximum Gasteiger partial charge on any atom is 0.251 e. The molecule has 1 N–H and O–H groups in total.